The van der Waals surface area contributed by atoms with Gasteiger partial charge in [0.1, 0.15) is 11.5 Å². The Morgan fingerprint density at radius 1 is 0.938 bits per heavy atom. The lowest BCUT2D eigenvalue weighted by atomic mass is 10.2. The molecule has 0 fully saturated rings. The van der Waals surface area contributed by atoms with Crippen molar-refractivity contribution >= 4 is 5.97 Å². The van der Waals surface area contributed by atoms with E-state index in [4.69, 9.17) is 23.2 Å². The fourth-order valence-corrected chi connectivity index (χ4v) is 3.12. The first-order chi connectivity index (χ1) is 15.7. The van der Waals surface area contributed by atoms with Crippen molar-refractivity contribution in [2.45, 2.75) is 19.4 Å². The number of furan rings is 1. The van der Waals surface area contributed by atoms with Crippen LogP contribution in [-0.4, -0.2) is 30.3 Å². The van der Waals surface area contributed by atoms with Gasteiger partial charge in [0.2, 0.25) is 5.82 Å². The van der Waals surface area contributed by atoms with E-state index in [1.807, 2.05) is 42.5 Å². The third-order valence-electron chi connectivity index (χ3n) is 4.76. The molecule has 0 bridgehead atoms. The summed E-state index contributed by atoms with van der Waals surface area (Å²) in [6.07, 6.45) is 0.616. The molecule has 2 aromatic carbocycles. The Morgan fingerprint density at radius 2 is 1.75 bits per heavy atom. The van der Waals surface area contributed by atoms with Gasteiger partial charge in [-0.05, 0) is 30.3 Å². The van der Waals surface area contributed by atoms with Gasteiger partial charge in [-0.1, -0.05) is 35.5 Å². The first kappa shape index (κ1) is 21.2. The van der Waals surface area contributed by atoms with E-state index in [1.165, 1.54) is 0 Å². The van der Waals surface area contributed by atoms with Crippen LogP contribution in [0.2, 0.25) is 0 Å². The van der Waals surface area contributed by atoms with E-state index in [9.17, 15) is 4.79 Å². The van der Waals surface area contributed by atoms with Gasteiger partial charge < -0.3 is 23.2 Å². The zero-order valence-corrected chi connectivity index (χ0v) is 17.7. The Morgan fingerprint density at radius 3 is 2.53 bits per heavy atom. The second-order valence-corrected chi connectivity index (χ2v) is 6.87. The van der Waals surface area contributed by atoms with Crippen molar-refractivity contribution in [3.63, 3.8) is 0 Å². The summed E-state index contributed by atoms with van der Waals surface area (Å²) in [7, 11) is 3.11. The highest BCUT2D eigenvalue weighted by atomic mass is 16.6. The fourth-order valence-electron chi connectivity index (χ4n) is 3.12. The molecule has 0 amide bonds. The molecule has 4 aromatic rings. The third kappa shape index (κ3) is 4.97. The van der Waals surface area contributed by atoms with E-state index in [2.05, 4.69) is 10.1 Å². The SMILES string of the molecule is COc1ccc(-c2noc(COC(=O)CCc3ccc(-c4ccccc4)o3)n2)cc1OC. The van der Waals surface area contributed by atoms with Crippen molar-refractivity contribution < 1.29 is 27.9 Å². The molecule has 32 heavy (non-hydrogen) atoms. The van der Waals surface area contributed by atoms with Crippen molar-refractivity contribution in [1.82, 2.24) is 10.1 Å². The molecule has 0 aliphatic rings. The molecule has 164 valence electrons. The van der Waals surface area contributed by atoms with Crippen LogP contribution in [0.5, 0.6) is 11.5 Å². The summed E-state index contributed by atoms with van der Waals surface area (Å²) in [4.78, 5) is 16.4. The minimum atomic E-state index is -0.381. The van der Waals surface area contributed by atoms with Crippen LogP contribution < -0.4 is 9.47 Å². The van der Waals surface area contributed by atoms with Gasteiger partial charge in [0, 0.05) is 17.5 Å². The van der Waals surface area contributed by atoms with Crippen molar-refractivity contribution in [3.8, 4) is 34.2 Å². The average molecular weight is 434 g/mol. The van der Waals surface area contributed by atoms with Gasteiger partial charge in [-0.15, -0.1) is 0 Å². The van der Waals surface area contributed by atoms with Crippen molar-refractivity contribution in [2.24, 2.45) is 0 Å². The van der Waals surface area contributed by atoms with Crippen LogP contribution in [0, 0.1) is 0 Å². The van der Waals surface area contributed by atoms with Crippen LogP contribution in [0.3, 0.4) is 0 Å². The summed E-state index contributed by atoms with van der Waals surface area (Å²) in [6, 6.07) is 18.8. The molecule has 2 heterocycles. The number of hydrogen-bond donors (Lipinski definition) is 0. The number of rotatable bonds is 9. The highest BCUT2D eigenvalue weighted by molar-refractivity contribution is 5.69. The Kier molecular flexibility index (Phi) is 6.50. The maximum atomic E-state index is 12.1. The molecule has 0 unspecified atom stereocenters. The van der Waals surface area contributed by atoms with Crippen LogP contribution >= 0.6 is 0 Å². The molecule has 0 atom stereocenters. The van der Waals surface area contributed by atoms with Gasteiger partial charge in [0.05, 0.1) is 20.6 Å². The zero-order chi connectivity index (χ0) is 22.3. The highest BCUT2D eigenvalue weighted by Crippen LogP contribution is 2.31. The normalized spacial score (nSPS) is 10.7. The second-order valence-electron chi connectivity index (χ2n) is 6.87. The van der Waals surface area contributed by atoms with Crippen molar-refractivity contribution in [2.75, 3.05) is 14.2 Å². The Balaban J connectivity index is 1.29. The van der Waals surface area contributed by atoms with Crippen LogP contribution in [-0.2, 0) is 22.6 Å². The molecule has 0 saturated carbocycles. The standard InChI is InChI=1S/C24H22N2O6/c1-28-20-11-8-17(14-21(20)29-2)24-25-22(32-26-24)15-30-23(27)13-10-18-9-12-19(31-18)16-6-4-3-5-7-16/h3-9,11-12,14H,10,13,15H2,1-2H3. The molecule has 0 radical (unpaired) electrons. The topological polar surface area (TPSA) is 96.8 Å². The number of hydrogen-bond acceptors (Lipinski definition) is 8. The predicted molar refractivity (Wildman–Crippen MR) is 115 cm³/mol. The largest absolute Gasteiger partial charge is 0.493 e. The first-order valence-corrected chi connectivity index (χ1v) is 10.0. The molecular formula is C24H22N2O6. The number of aryl methyl sites for hydroxylation is 1. The van der Waals surface area contributed by atoms with Gasteiger partial charge in [-0.25, -0.2) is 0 Å². The first-order valence-electron chi connectivity index (χ1n) is 10.0. The van der Waals surface area contributed by atoms with E-state index >= 15 is 0 Å². The number of carbonyl (C=O) groups is 1. The minimum absolute atomic E-state index is 0.105. The van der Waals surface area contributed by atoms with Gasteiger partial charge in [0.25, 0.3) is 5.89 Å². The fraction of sp³-hybridized carbons (Fsp3) is 0.208. The molecule has 0 N–H and O–H groups in total. The molecule has 0 aliphatic heterocycles. The Hall–Kier alpha value is -4.07. The predicted octanol–water partition coefficient (Wildman–Crippen LogP) is 4.69. The minimum Gasteiger partial charge on any atom is -0.493 e. The summed E-state index contributed by atoms with van der Waals surface area (Å²) >= 11 is 0. The Labute approximate surface area is 184 Å². The zero-order valence-electron chi connectivity index (χ0n) is 17.7. The lowest BCUT2D eigenvalue weighted by Gasteiger charge is -2.07. The average Bonchev–Trinajstić information content (AvgIpc) is 3.51. The highest BCUT2D eigenvalue weighted by Gasteiger charge is 2.14. The number of benzene rings is 2. The number of aromatic nitrogens is 2. The third-order valence-corrected chi connectivity index (χ3v) is 4.76. The summed E-state index contributed by atoms with van der Waals surface area (Å²) in [6.45, 7) is -0.105. The molecule has 4 rings (SSSR count). The number of esters is 1. The van der Waals surface area contributed by atoms with Crippen molar-refractivity contribution in [1.29, 1.82) is 0 Å². The number of carbonyl (C=O) groups excluding carboxylic acids is 1. The van der Waals surface area contributed by atoms with E-state index in [0.717, 1.165) is 11.3 Å². The van der Waals surface area contributed by atoms with Crippen LogP contribution in [0.4, 0.5) is 0 Å². The molecule has 0 spiro atoms. The molecule has 0 aliphatic carbocycles. The maximum absolute atomic E-state index is 12.1. The molecule has 0 saturated heterocycles. The number of ether oxygens (including phenoxy) is 3. The number of nitrogens with zero attached hydrogens (tertiary/aromatic N) is 2. The van der Waals surface area contributed by atoms with E-state index in [-0.39, 0.29) is 24.9 Å². The lowest BCUT2D eigenvalue weighted by Crippen LogP contribution is -2.05. The smallest absolute Gasteiger partial charge is 0.306 e. The van der Waals surface area contributed by atoms with Gasteiger partial charge in [-0.3, -0.25) is 4.79 Å². The van der Waals surface area contributed by atoms with Crippen LogP contribution in [0.1, 0.15) is 18.1 Å². The van der Waals surface area contributed by atoms with E-state index in [1.54, 1.807) is 32.4 Å². The molecular weight excluding hydrogens is 412 g/mol. The van der Waals surface area contributed by atoms with Crippen LogP contribution in [0.15, 0.2) is 69.6 Å². The summed E-state index contributed by atoms with van der Waals surface area (Å²) < 4.78 is 26.7. The maximum Gasteiger partial charge on any atom is 0.306 e. The summed E-state index contributed by atoms with van der Waals surface area (Å²) in [5.74, 6) is 2.82. The molecule has 8 nitrogen and oxygen atoms in total. The second kappa shape index (κ2) is 9.82. The van der Waals surface area contributed by atoms with Crippen LogP contribution in [0.25, 0.3) is 22.7 Å². The number of methoxy groups -OCH3 is 2. The summed E-state index contributed by atoms with van der Waals surface area (Å²) in [5, 5.41) is 3.93. The molecule has 8 heteroatoms. The van der Waals surface area contributed by atoms with Gasteiger partial charge >= 0.3 is 5.97 Å². The van der Waals surface area contributed by atoms with Crippen molar-refractivity contribution in [3.05, 3.63) is 72.3 Å². The quantitative estimate of drug-likeness (QED) is 0.350. The van der Waals surface area contributed by atoms with E-state index < -0.39 is 0 Å². The van der Waals surface area contributed by atoms with Gasteiger partial charge in [-0.2, -0.15) is 4.98 Å². The van der Waals surface area contributed by atoms with Gasteiger partial charge in [0.15, 0.2) is 18.1 Å². The Bertz CT molecular complexity index is 1180. The monoisotopic (exact) mass is 434 g/mol. The lowest BCUT2D eigenvalue weighted by molar-refractivity contribution is -0.145. The molecule has 2 aromatic heterocycles. The van der Waals surface area contributed by atoms with E-state index in [0.29, 0.717) is 35.1 Å². The summed E-state index contributed by atoms with van der Waals surface area (Å²) in [5.41, 5.74) is 1.68.